The number of aliphatic carboxylic acids is 3. The fraction of sp³-hybridized carbons (Fsp3) is 0.750. The molecule has 0 saturated carbocycles. The molecule has 0 aromatic carbocycles. The lowest BCUT2D eigenvalue weighted by Gasteiger charge is -2.07. The largest absolute Gasteiger partial charge is 0.481 e. The molecule has 0 aromatic rings. The average Bonchev–Trinajstić information content (AvgIpc) is 3.77. The molecule has 12 heteroatoms. The molecule has 0 aliphatic carbocycles. The Bertz CT molecular complexity index is 653. The maximum atomic E-state index is 10.1. The van der Waals surface area contributed by atoms with Crippen LogP contribution < -0.4 is 0 Å². The van der Waals surface area contributed by atoms with Crippen LogP contribution in [-0.4, -0.2) is 124 Å². The van der Waals surface area contributed by atoms with Gasteiger partial charge in [0.05, 0.1) is 19.3 Å². The van der Waals surface area contributed by atoms with Gasteiger partial charge in [-0.15, -0.1) is 0 Å². The number of hydrogen-bond acceptors (Lipinski definition) is 9. The Kier molecular flexibility index (Phi) is 15.6. The van der Waals surface area contributed by atoms with Crippen molar-refractivity contribution in [1.29, 1.82) is 0 Å². The van der Waals surface area contributed by atoms with Crippen LogP contribution in [0, 0.1) is 5.41 Å². The highest BCUT2D eigenvalue weighted by Gasteiger charge is 2.29. The Morgan fingerprint density at radius 3 is 0.972 bits per heavy atom. The Morgan fingerprint density at radius 1 is 0.667 bits per heavy atom. The summed E-state index contributed by atoms with van der Waals surface area (Å²) in [5.74, 6) is -2.10. The van der Waals surface area contributed by atoms with Crippen LogP contribution >= 0.6 is 0 Å². The molecule has 0 aromatic heterocycles. The summed E-state index contributed by atoms with van der Waals surface area (Å²) in [4.78, 5) is 66.6. The molecule has 3 N–H and O–H groups in total. The van der Waals surface area contributed by atoms with Gasteiger partial charge in [0, 0.05) is 57.4 Å². The van der Waals surface area contributed by atoms with Crippen molar-refractivity contribution in [1.82, 2.24) is 14.7 Å². The summed E-state index contributed by atoms with van der Waals surface area (Å²) in [7, 11) is 0. The lowest BCUT2D eigenvalue weighted by atomic mass is 9.91. The second-order valence-electron chi connectivity index (χ2n) is 9.28. The van der Waals surface area contributed by atoms with Crippen LogP contribution in [0.2, 0.25) is 0 Å². The summed E-state index contributed by atoms with van der Waals surface area (Å²) in [6.45, 7) is 13.3. The molecule has 36 heavy (non-hydrogen) atoms. The van der Waals surface area contributed by atoms with E-state index in [0.717, 1.165) is 39.3 Å². The third kappa shape index (κ3) is 16.1. The molecule has 3 aliphatic rings. The first-order valence-electron chi connectivity index (χ1n) is 12.1. The quantitative estimate of drug-likeness (QED) is 0.176. The van der Waals surface area contributed by atoms with E-state index in [0.29, 0.717) is 37.0 Å². The third-order valence-electron chi connectivity index (χ3n) is 6.07. The number of rotatable bonds is 13. The average molecular weight is 516 g/mol. The van der Waals surface area contributed by atoms with E-state index >= 15 is 0 Å². The molecule has 0 amide bonds. The second-order valence-corrected chi connectivity index (χ2v) is 9.28. The van der Waals surface area contributed by atoms with Crippen molar-refractivity contribution in [2.24, 2.45) is 5.41 Å². The van der Waals surface area contributed by atoms with Crippen LogP contribution in [0.3, 0.4) is 0 Å². The zero-order chi connectivity index (χ0) is 27.9. The van der Waals surface area contributed by atoms with E-state index < -0.39 is 23.3 Å². The molecule has 0 bridgehead atoms. The first-order chi connectivity index (χ1) is 16.8. The molecular weight excluding hydrogens is 474 g/mol. The van der Waals surface area contributed by atoms with Crippen LogP contribution in [0.5, 0.6) is 0 Å². The van der Waals surface area contributed by atoms with Crippen molar-refractivity contribution in [2.75, 3.05) is 39.3 Å². The zero-order valence-electron chi connectivity index (χ0n) is 21.7. The molecule has 3 rings (SSSR count). The topological polar surface area (TPSA) is 172 Å². The Hall–Kier alpha value is -2.70. The molecule has 206 valence electrons. The van der Waals surface area contributed by atoms with Gasteiger partial charge < -0.3 is 29.7 Å². The van der Waals surface area contributed by atoms with Crippen molar-refractivity contribution in [3.63, 3.8) is 0 Å². The lowest BCUT2D eigenvalue weighted by molar-refractivity contribution is -0.138. The zero-order valence-corrected chi connectivity index (χ0v) is 21.7. The minimum atomic E-state index is -1.38. The van der Waals surface area contributed by atoms with E-state index in [-0.39, 0.29) is 25.7 Å². The number of carbonyl (C=O) groups is 6. The number of carboxylic acids is 3. The van der Waals surface area contributed by atoms with Crippen molar-refractivity contribution in [2.45, 2.75) is 71.5 Å². The van der Waals surface area contributed by atoms with Crippen molar-refractivity contribution >= 4 is 36.8 Å². The summed E-state index contributed by atoms with van der Waals surface area (Å²) in [5.41, 5.74) is -1.38. The molecule has 3 saturated heterocycles. The minimum absolute atomic E-state index is 0.240. The van der Waals surface area contributed by atoms with Gasteiger partial charge >= 0.3 is 17.9 Å². The number of carboxylic acid groups (broad SMARTS) is 3. The first kappa shape index (κ1) is 33.3. The molecule has 3 fully saturated rings. The monoisotopic (exact) mass is 515 g/mol. The first-order valence-corrected chi connectivity index (χ1v) is 12.1. The highest BCUT2D eigenvalue weighted by Crippen LogP contribution is 2.16. The van der Waals surface area contributed by atoms with Gasteiger partial charge in [0.1, 0.15) is 24.3 Å². The molecule has 3 aliphatic heterocycles. The maximum Gasteiger partial charge on any atom is 0.304 e. The van der Waals surface area contributed by atoms with Gasteiger partial charge in [0.2, 0.25) is 0 Å². The second kappa shape index (κ2) is 16.9. The summed E-state index contributed by atoms with van der Waals surface area (Å²) < 4.78 is 0. The summed E-state index contributed by atoms with van der Waals surface area (Å²) >= 11 is 0. The van der Waals surface area contributed by atoms with E-state index in [2.05, 4.69) is 35.5 Å². The molecular formula is C24H41N3O9. The summed E-state index contributed by atoms with van der Waals surface area (Å²) in [5, 5.41) is 24.7. The van der Waals surface area contributed by atoms with Crippen LogP contribution in [0.4, 0.5) is 0 Å². The van der Waals surface area contributed by atoms with Crippen LogP contribution in [0.25, 0.3) is 0 Å². The predicted octanol–water partition coefficient (Wildman–Crippen LogP) is 0.475. The Morgan fingerprint density at radius 2 is 0.889 bits per heavy atom. The van der Waals surface area contributed by atoms with Gasteiger partial charge in [-0.05, 0) is 27.2 Å². The third-order valence-corrected chi connectivity index (χ3v) is 6.07. The smallest absolute Gasteiger partial charge is 0.304 e. The number of aldehydes is 3. The molecule has 6 unspecified atom stereocenters. The number of carbonyl (C=O) groups excluding carboxylic acids is 3. The standard InChI is InChI=1S/3C6H11NO2.C6H8O3/c3*1-5-4-7(5)3-2-6(8)9;1-2-6(3-7,4-8)5-9/h3*5H,2-4H2,1H3,(H,8,9);3-5H,2H2,1H3. The van der Waals surface area contributed by atoms with Crippen molar-refractivity contribution in [3.8, 4) is 0 Å². The highest BCUT2D eigenvalue weighted by molar-refractivity contribution is 6.01. The Labute approximate surface area is 212 Å². The fourth-order valence-electron chi connectivity index (χ4n) is 2.86. The fourth-order valence-corrected chi connectivity index (χ4v) is 2.86. The molecule has 0 radical (unpaired) electrons. The summed E-state index contributed by atoms with van der Waals surface area (Å²) in [6.07, 6.45) is 2.19. The van der Waals surface area contributed by atoms with Gasteiger partial charge in [-0.25, -0.2) is 0 Å². The van der Waals surface area contributed by atoms with Crippen molar-refractivity contribution in [3.05, 3.63) is 0 Å². The van der Waals surface area contributed by atoms with Gasteiger partial charge in [0.25, 0.3) is 0 Å². The molecule has 3 heterocycles. The van der Waals surface area contributed by atoms with Gasteiger partial charge in [-0.3, -0.25) is 29.1 Å². The SMILES string of the molecule is CC1CN1CCC(=O)O.CC1CN1CCC(=O)O.CC1CN1CCC(=O)O.CCC(C=O)(C=O)C=O. The van der Waals surface area contributed by atoms with E-state index in [1.54, 1.807) is 6.92 Å². The number of nitrogens with zero attached hydrogens (tertiary/aromatic N) is 3. The predicted molar refractivity (Wildman–Crippen MR) is 131 cm³/mol. The van der Waals surface area contributed by atoms with Crippen LogP contribution in [0.15, 0.2) is 0 Å². The van der Waals surface area contributed by atoms with Gasteiger partial charge in [-0.1, -0.05) is 6.92 Å². The van der Waals surface area contributed by atoms with Crippen LogP contribution in [0.1, 0.15) is 53.4 Å². The van der Waals surface area contributed by atoms with E-state index in [4.69, 9.17) is 15.3 Å². The highest BCUT2D eigenvalue weighted by atomic mass is 16.4. The minimum Gasteiger partial charge on any atom is -0.481 e. The molecule has 0 spiro atoms. The normalized spacial score (nSPS) is 26.7. The molecule has 6 atom stereocenters. The number of hydrogen-bond donors (Lipinski definition) is 3. The Balaban J connectivity index is 0.000000454. The van der Waals surface area contributed by atoms with Gasteiger partial charge in [0.15, 0.2) is 0 Å². The van der Waals surface area contributed by atoms with E-state index in [1.165, 1.54) is 0 Å². The van der Waals surface area contributed by atoms with Gasteiger partial charge in [-0.2, -0.15) is 0 Å². The van der Waals surface area contributed by atoms with E-state index in [9.17, 15) is 28.8 Å². The van der Waals surface area contributed by atoms with E-state index in [1.807, 2.05) is 0 Å². The van der Waals surface area contributed by atoms with Crippen LogP contribution in [-0.2, 0) is 28.8 Å². The molecule has 12 nitrogen and oxygen atoms in total. The summed E-state index contributed by atoms with van der Waals surface area (Å²) in [6, 6.07) is 1.89. The lowest BCUT2D eigenvalue weighted by Crippen LogP contribution is -2.24. The van der Waals surface area contributed by atoms with Crippen molar-refractivity contribution < 1.29 is 44.1 Å². The maximum absolute atomic E-state index is 10.1.